The molecule has 1 N–H and O–H groups in total. The van der Waals surface area contributed by atoms with Crippen LogP contribution < -0.4 is 5.32 Å². The highest BCUT2D eigenvalue weighted by Crippen LogP contribution is 2.27. The summed E-state index contributed by atoms with van der Waals surface area (Å²) in [6, 6.07) is 3.53. The Bertz CT molecular complexity index is 397. The molecule has 0 unspecified atom stereocenters. The van der Waals surface area contributed by atoms with E-state index >= 15 is 0 Å². The monoisotopic (exact) mass is 283 g/mol. The first-order valence-electron chi connectivity index (χ1n) is 6.25. The van der Waals surface area contributed by atoms with Crippen LogP contribution in [0.15, 0.2) is 17.5 Å². The summed E-state index contributed by atoms with van der Waals surface area (Å²) in [5.41, 5.74) is 0. The van der Waals surface area contributed by atoms with Gasteiger partial charge in [-0.3, -0.25) is 14.9 Å². The van der Waals surface area contributed by atoms with Crippen molar-refractivity contribution < 1.29 is 9.59 Å². The number of nitrogens with one attached hydrogen (secondary N) is 1. The molecule has 2 amide bonds. The van der Waals surface area contributed by atoms with Crippen LogP contribution >= 0.6 is 23.1 Å². The maximum Gasteiger partial charge on any atom is 0.267 e. The molecule has 1 fully saturated rings. The predicted octanol–water partition coefficient (Wildman–Crippen LogP) is 3.07. The molecule has 1 aromatic rings. The van der Waals surface area contributed by atoms with Crippen LogP contribution in [-0.2, 0) is 4.79 Å². The van der Waals surface area contributed by atoms with E-state index in [1.807, 2.05) is 5.38 Å². The number of imide groups is 1. The highest BCUT2D eigenvalue weighted by atomic mass is 32.2. The molecule has 1 aromatic heterocycles. The molecule has 1 aliphatic rings. The summed E-state index contributed by atoms with van der Waals surface area (Å²) >= 11 is 3.03. The van der Waals surface area contributed by atoms with Gasteiger partial charge in [0.1, 0.15) is 0 Å². The van der Waals surface area contributed by atoms with Crippen LogP contribution in [0.1, 0.15) is 41.8 Å². The number of rotatable bonds is 4. The molecular weight excluding hydrogens is 266 g/mol. The number of thiophene rings is 1. The van der Waals surface area contributed by atoms with Crippen LogP contribution in [0.4, 0.5) is 0 Å². The number of amides is 2. The van der Waals surface area contributed by atoms with Crippen molar-refractivity contribution in [1.29, 1.82) is 0 Å². The van der Waals surface area contributed by atoms with Gasteiger partial charge in [0.2, 0.25) is 5.91 Å². The third-order valence-electron chi connectivity index (χ3n) is 3.00. The van der Waals surface area contributed by atoms with Crippen LogP contribution in [-0.4, -0.2) is 22.8 Å². The van der Waals surface area contributed by atoms with Crippen LogP contribution in [0.25, 0.3) is 0 Å². The Balaban J connectivity index is 1.70. The molecule has 0 spiro atoms. The molecular formula is C13H17NO2S2. The fraction of sp³-hybridized carbons (Fsp3) is 0.538. The Morgan fingerprint density at radius 3 is 2.78 bits per heavy atom. The van der Waals surface area contributed by atoms with Crippen molar-refractivity contribution in [2.24, 2.45) is 0 Å². The summed E-state index contributed by atoms with van der Waals surface area (Å²) in [6.07, 6.45) is 6.27. The van der Waals surface area contributed by atoms with E-state index in [1.165, 1.54) is 43.4 Å². The van der Waals surface area contributed by atoms with Gasteiger partial charge in [0.25, 0.3) is 5.91 Å². The average molecular weight is 283 g/mol. The van der Waals surface area contributed by atoms with E-state index in [9.17, 15) is 9.59 Å². The van der Waals surface area contributed by atoms with Crippen molar-refractivity contribution in [2.75, 3.05) is 5.75 Å². The van der Waals surface area contributed by atoms with Crippen molar-refractivity contribution in [2.45, 2.75) is 37.4 Å². The van der Waals surface area contributed by atoms with Gasteiger partial charge in [-0.15, -0.1) is 23.1 Å². The molecule has 0 radical (unpaired) electrons. The SMILES string of the molecule is O=C(CSC1CCCCC1)NC(=O)c1cccs1. The summed E-state index contributed by atoms with van der Waals surface area (Å²) in [5, 5.41) is 4.86. The molecule has 1 aliphatic carbocycles. The lowest BCUT2D eigenvalue weighted by molar-refractivity contribution is -0.117. The summed E-state index contributed by atoms with van der Waals surface area (Å²) in [4.78, 5) is 23.9. The first kappa shape index (κ1) is 13.6. The van der Waals surface area contributed by atoms with Gasteiger partial charge in [0.15, 0.2) is 0 Å². The summed E-state index contributed by atoms with van der Waals surface area (Å²) in [5.74, 6) is -0.0647. The standard InChI is InChI=1S/C13H17NO2S2/c15-12(9-18-10-5-2-1-3-6-10)14-13(16)11-7-4-8-17-11/h4,7-8,10H,1-3,5-6,9H2,(H,14,15,16). The lowest BCUT2D eigenvalue weighted by Crippen LogP contribution is -2.32. The van der Waals surface area contributed by atoms with Gasteiger partial charge in [0, 0.05) is 5.25 Å². The molecule has 1 heterocycles. The smallest absolute Gasteiger partial charge is 0.267 e. The second-order valence-corrected chi connectivity index (χ2v) is 6.66. The van der Waals surface area contributed by atoms with Gasteiger partial charge in [-0.05, 0) is 24.3 Å². The second kappa shape index (κ2) is 6.95. The highest BCUT2D eigenvalue weighted by molar-refractivity contribution is 8.00. The van der Waals surface area contributed by atoms with Gasteiger partial charge >= 0.3 is 0 Å². The Morgan fingerprint density at radius 2 is 2.11 bits per heavy atom. The third-order valence-corrected chi connectivity index (χ3v) is 5.24. The zero-order chi connectivity index (χ0) is 12.8. The molecule has 1 saturated carbocycles. The minimum Gasteiger partial charge on any atom is -0.291 e. The van der Waals surface area contributed by atoms with E-state index in [1.54, 1.807) is 23.9 Å². The van der Waals surface area contributed by atoms with E-state index in [4.69, 9.17) is 0 Å². The molecule has 0 saturated heterocycles. The Hall–Kier alpha value is -0.810. The molecule has 2 rings (SSSR count). The zero-order valence-electron chi connectivity index (χ0n) is 10.2. The Labute approximate surface area is 115 Å². The maximum absolute atomic E-state index is 11.6. The number of hydrogen-bond acceptors (Lipinski definition) is 4. The van der Waals surface area contributed by atoms with Crippen LogP contribution in [0, 0.1) is 0 Å². The fourth-order valence-electron chi connectivity index (χ4n) is 2.06. The molecule has 0 aromatic carbocycles. The van der Waals surface area contributed by atoms with E-state index < -0.39 is 0 Å². The minimum absolute atomic E-state index is 0.177. The number of hydrogen-bond donors (Lipinski definition) is 1. The van der Waals surface area contributed by atoms with Gasteiger partial charge in [0.05, 0.1) is 10.6 Å². The summed E-state index contributed by atoms with van der Waals surface area (Å²) in [6.45, 7) is 0. The van der Waals surface area contributed by atoms with Crippen LogP contribution in [0.5, 0.6) is 0 Å². The first-order valence-corrected chi connectivity index (χ1v) is 8.18. The average Bonchev–Trinajstić information content (AvgIpc) is 2.91. The molecule has 0 aliphatic heterocycles. The third kappa shape index (κ3) is 4.14. The van der Waals surface area contributed by atoms with E-state index in [2.05, 4.69) is 5.32 Å². The van der Waals surface area contributed by atoms with Crippen molar-refractivity contribution in [3.05, 3.63) is 22.4 Å². The predicted molar refractivity (Wildman–Crippen MR) is 76.1 cm³/mol. The van der Waals surface area contributed by atoms with Gasteiger partial charge in [-0.1, -0.05) is 25.3 Å². The fourth-order valence-corrected chi connectivity index (χ4v) is 3.80. The van der Waals surface area contributed by atoms with E-state index in [-0.39, 0.29) is 11.8 Å². The lowest BCUT2D eigenvalue weighted by Gasteiger charge is -2.20. The first-order chi connectivity index (χ1) is 8.75. The molecule has 0 bridgehead atoms. The largest absolute Gasteiger partial charge is 0.291 e. The zero-order valence-corrected chi connectivity index (χ0v) is 11.8. The van der Waals surface area contributed by atoms with Gasteiger partial charge < -0.3 is 0 Å². The molecule has 5 heteroatoms. The summed E-state index contributed by atoms with van der Waals surface area (Å²) in [7, 11) is 0. The van der Waals surface area contributed by atoms with Gasteiger partial charge in [-0.2, -0.15) is 0 Å². The van der Waals surface area contributed by atoms with Crippen molar-refractivity contribution in [3.63, 3.8) is 0 Å². The Kier molecular flexibility index (Phi) is 5.26. The Morgan fingerprint density at radius 1 is 1.33 bits per heavy atom. The maximum atomic E-state index is 11.6. The molecule has 18 heavy (non-hydrogen) atoms. The number of thioether (sulfide) groups is 1. The quantitative estimate of drug-likeness (QED) is 0.923. The lowest BCUT2D eigenvalue weighted by atomic mass is 10.0. The van der Waals surface area contributed by atoms with Crippen molar-refractivity contribution in [1.82, 2.24) is 5.32 Å². The number of carbonyl (C=O) groups is 2. The normalized spacial score (nSPS) is 16.4. The minimum atomic E-state index is -0.278. The van der Waals surface area contributed by atoms with Crippen molar-refractivity contribution in [3.8, 4) is 0 Å². The van der Waals surface area contributed by atoms with Crippen LogP contribution in [0.2, 0.25) is 0 Å². The van der Waals surface area contributed by atoms with Crippen LogP contribution in [0.3, 0.4) is 0 Å². The second-order valence-electron chi connectivity index (χ2n) is 4.43. The number of carbonyl (C=O) groups excluding carboxylic acids is 2. The topological polar surface area (TPSA) is 46.2 Å². The summed E-state index contributed by atoms with van der Waals surface area (Å²) < 4.78 is 0. The van der Waals surface area contributed by atoms with Gasteiger partial charge in [-0.25, -0.2) is 0 Å². The van der Waals surface area contributed by atoms with E-state index in [0.717, 1.165) is 0 Å². The molecule has 3 nitrogen and oxygen atoms in total. The molecule has 98 valence electrons. The highest BCUT2D eigenvalue weighted by Gasteiger charge is 2.16. The van der Waals surface area contributed by atoms with Crippen molar-refractivity contribution >= 4 is 34.9 Å². The van der Waals surface area contributed by atoms with E-state index in [0.29, 0.717) is 15.9 Å². The molecule has 0 atom stereocenters.